The molecule has 0 bridgehead atoms. The number of rotatable bonds is 3. The number of hydrogen-bond donors (Lipinski definition) is 1. The molecular formula is C8H11NO. The molecule has 1 amide bonds. The lowest BCUT2D eigenvalue weighted by molar-refractivity contribution is -0.115. The highest BCUT2D eigenvalue weighted by atomic mass is 16.1. The molecule has 0 fully saturated rings. The summed E-state index contributed by atoms with van der Waals surface area (Å²) < 4.78 is 0. The molecule has 2 nitrogen and oxygen atoms in total. The van der Waals surface area contributed by atoms with Crippen LogP contribution in [0.3, 0.4) is 0 Å². The molecule has 0 aliphatic heterocycles. The third kappa shape index (κ3) is 2.87. The molecule has 0 aliphatic rings. The summed E-state index contributed by atoms with van der Waals surface area (Å²) in [6, 6.07) is 0. The van der Waals surface area contributed by atoms with Crippen molar-refractivity contribution in [3.63, 3.8) is 0 Å². The van der Waals surface area contributed by atoms with E-state index < -0.39 is 0 Å². The highest BCUT2D eigenvalue weighted by Gasteiger charge is 1.92. The van der Waals surface area contributed by atoms with Crippen molar-refractivity contribution in [3.05, 3.63) is 37.1 Å². The average Bonchev–Trinajstić information content (AvgIpc) is 1.99. The Morgan fingerprint density at radius 2 is 2.00 bits per heavy atom. The van der Waals surface area contributed by atoms with E-state index in [4.69, 9.17) is 0 Å². The van der Waals surface area contributed by atoms with E-state index in [2.05, 4.69) is 18.5 Å². The van der Waals surface area contributed by atoms with Crippen molar-refractivity contribution < 1.29 is 4.79 Å². The number of amides is 1. The van der Waals surface area contributed by atoms with Gasteiger partial charge in [-0.05, 0) is 19.1 Å². The molecule has 1 N–H and O–H groups in total. The van der Waals surface area contributed by atoms with Gasteiger partial charge in [-0.3, -0.25) is 4.79 Å². The van der Waals surface area contributed by atoms with E-state index in [1.54, 1.807) is 12.2 Å². The van der Waals surface area contributed by atoms with Gasteiger partial charge in [0.25, 0.3) is 0 Å². The van der Waals surface area contributed by atoms with Gasteiger partial charge in [0.2, 0.25) is 5.91 Å². The van der Waals surface area contributed by atoms with E-state index in [0.717, 1.165) is 0 Å². The molecule has 0 unspecified atom stereocenters. The zero-order valence-corrected chi connectivity index (χ0v) is 6.05. The zero-order chi connectivity index (χ0) is 7.98. The van der Waals surface area contributed by atoms with Crippen molar-refractivity contribution in [2.24, 2.45) is 0 Å². The van der Waals surface area contributed by atoms with Crippen LogP contribution in [-0.4, -0.2) is 5.91 Å². The molecule has 0 aromatic rings. The van der Waals surface area contributed by atoms with Crippen LogP contribution < -0.4 is 5.32 Å². The highest BCUT2D eigenvalue weighted by Crippen LogP contribution is 1.88. The topological polar surface area (TPSA) is 29.1 Å². The summed E-state index contributed by atoms with van der Waals surface area (Å²) in [5.41, 5.74) is 0.699. The van der Waals surface area contributed by atoms with Gasteiger partial charge in [0.1, 0.15) is 0 Å². The normalized spacial score (nSPS) is 10.3. The number of carbonyl (C=O) groups is 1. The van der Waals surface area contributed by atoms with Crippen LogP contribution in [0.15, 0.2) is 37.1 Å². The zero-order valence-electron chi connectivity index (χ0n) is 6.05. The number of allylic oxidation sites excluding steroid dienone is 2. The fraction of sp³-hybridized carbons (Fsp3) is 0.125. The first-order chi connectivity index (χ1) is 4.74. The molecule has 2 heteroatoms. The van der Waals surface area contributed by atoms with E-state index in [0.29, 0.717) is 5.70 Å². The lowest BCUT2D eigenvalue weighted by Crippen LogP contribution is -2.18. The molecule has 0 rings (SSSR count). The van der Waals surface area contributed by atoms with E-state index >= 15 is 0 Å². The van der Waals surface area contributed by atoms with Crippen molar-refractivity contribution in [2.75, 3.05) is 0 Å². The van der Waals surface area contributed by atoms with Gasteiger partial charge in [-0.1, -0.05) is 19.2 Å². The fourth-order valence-corrected chi connectivity index (χ4v) is 0.434. The predicted molar refractivity (Wildman–Crippen MR) is 42.3 cm³/mol. The molecule has 0 spiro atoms. The van der Waals surface area contributed by atoms with Gasteiger partial charge in [0.15, 0.2) is 0 Å². The quantitative estimate of drug-likeness (QED) is 0.462. The van der Waals surface area contributed by atoms with Gasteiger partial charge in [-0.15, -0.1) is 0 Å². The molecule has 0 heterocycles. The largest absolute Gasteiger partial charge is 0.323 e. The number of hydrogen-bond acceptors (Lipinski definition) is 1. The summed E-state index contributed by atoms with van der Waals surface area (Å²) >= 11 is 0. The van der Waals surface area contributed by atoms with Gasteiger partial charge < -0.3 is 5.32 Å². The Labute approximate surface area is 60.9 Å². The maximum absolute atomic E-state index is 10.6. The second-order valence-electron chi connectivity index (χ2n) is 1.64. The fourth-order valence-electron chi connectivity index (χ4n) is 0.434. The van der Waals surface area contributed by atoms with Crippen LogP contribution in [-0.2, 0) is 4.79 Å². The first-order valence-corrected chi connectivity index (χ1v) is 2.96. The van der Waals surface area contributed by atoms with Crippen LogP contribution in [0.25, 0.3) is 0 Å². The Balaban J connectivity index is 3.99. The summed E-state index contributed by atoms with van der Waals surface area (Å²) in [7, 11) is 0. The van der Waals surface area contributed by atoms with Gasteiger partial charge >= 0.3 is 0 Å². The summed E-state index contributed by atoms with van der Waals surface area (Å²) in [5.74, 6) is -0.215. The summed E-state index contributed by atoms with van der Waals surface area (Å²) in [6.07, 6.45) is 4.54. The molecule has 0 aromatic carbocycles. The summed E-state index contributed by atoms with van der Waals surface area (Å²) in [6.45, 7) is 8.63. The smallest absolute Gasteiger partial charge is 0.247 e. The van der Waals surface area contributed by atoms with Crippen LogP contribution in [0.2, 0.25) is 0 Å². The third-order valence-electron chi connectivity index (χ3n) is 0.984. The number of carbonyl (C=O) groups excluding carboxylic acids is 1. The maximum Gasteiger partial charge on any atom is 0.247 e. The third-order valence-corrected chi connectivity index (χ3v) is 0.984. The van der Waals surface area contributed by atoms with E-state index in [-0.39, 0.29) is 5.91 Å². The minimum absolute atomic E-state index is 0.215. The molecule has 0 aliphatic carbocycles. The second-order valence-corrected chi connectivity index (χ2v) is 1.64. The Morgan fingerprint density at radius 3 is 2.30 bits per heavy atom. The van der Waals surface area contributed by atoms with Crippen molar-refractivity contribution in [1.29, 1.82) is 0 Å². The minimum atomic E-state index is -0.215. The molecule has 0 atom stereocenters. The lowest BCUT2D eigenvalue weighted by Gasteiger charge is -1.99. The highest BCUT2D eigenvalue weighted by molar-refractivity contribution is 5.88. The van der Waals surface area contributed by atoms with Crippen LogP contribution in [0.4, 0.5) is 0 Å². The first-order valence-electron chi connectivity index (χ1n) is 2.96. The standard InChI is InChI=1S/C8H11NO/c1-4-7(5-2)9-8(10)6-3/h4-6H,1,3H2,2H3,(H,9,10). The monoisotopic (exact) mass is 137 g/mol. The van der Waals surface area contributed by atoms with Crippen molar-refractivity contribution in [2.45, 2.75) is 6.92 Å². The Kier molecular flexibility index (Phi) is 3.96. The molecule has 10 heavy (non-hydrogen) atoms. The molecule has 54 valence electrons. The first kappa shape index (κ1) is 8.69. The average molecular weight is 137 g/mol. The Bertz CT molecular complexity index is 180. The molecule has 0 aromatic heterocycles. The van der Waals surface area contributed by atoms with Crippen molar-refractivity contribution >= 4 is 5.91 Å². The van der Waals surface area contributed by atoms with E-state index in [1.165, 1.54) is 6.08 Å². The summed E-state index contributed by atoms with van der Waals surface area (Å²) in [5, 5.41) is 2.55. The predicted octanol–water partition coefficient (Wildman–Crippen LogP) is 1.38. The SMILES string of the molecule is C=CC(=O)NC(C=C)=CC. The Hall–Kier alpha value is -1.31. The minimum Gasteiger partial charge on any atom is -0.323 e. The van der Waals surface area contributed by atoms with Gasteiger partial charge in [0, 0.05) is 5.70 Å². The van der Waals surface area contributed by atoms with Crippen LogP contribution in [0.5, 0.6) is 0 Å². The molecule has 0 radical (unpaired) electrons. The summed E-state index contributed by atoms with van der Waals surface area (Å²) in [4.78, 5) is 10.6. The van der Waals surface area contributed by atoms with Gasteiger partial charge in [-0.25, -0.2) is 0 Å². The molecule has 0 saturated carbocycles. The van der Waals surface area contributed by atoms with Gasteiger partial charge in [-0.2, -0.15) is 0 Å². The van der Waals surface area contributed by atoms with Crippen LogP contribution in [0.1, 0.15) is 6.92 Å². The van der Waals surface area contributed by atoms with Gasteiger partial charge in [0.05, 0.1) is 0 Å². The number of nitrogens with one attached hydrogen (secondary N) is 1. The molecule has 0 saturated heterocycles. The second kappa shape index (κ2) is 4.56. The van der Waals surface area contributed by atoms with Crippen LogP contribution >= 0.6 is 0 Å². The molecular weight excluding hydrogens is 126 g/mol. The van der Waals surface area contributed by atoms with E-state index in [1.807, 2.05) is 6.92 Å². The van der Waals surface area contributed by atoms with E-state index in [9.17, 15) is 4.79 Å². The van der Waals surface area contributed by atoms with Crippen LogP contribution in [0, 0.1) is 0 Å². The lowest BCUT2D eigenvalue weighted by atomic mass is 10.4. The Morgan fingerprint density at radius 1 is 1.40 bits per heavy atom. The van der Waals surface area contributed by atoms with Crippen molar-refractivity contribution in [1.82, 2.24) is 5.32 Å². The maximum atomic E-state index is 10.6. The van der Waals surface area contributed by atoms with Crippen molar-refractivity contribution in [3.8, 4) is 0 Å².